The molecule has 13 heteroatoms. The summed E-state index contributed by atoms with van der Waals surface area (Å²) >= 11 is 0. The number of aromatic amines is 1. The number of hydrogen-bond acceptors (Lipinski definition) is 8. The highest BCUT2D eigenvalue weighted by molar-refractivity contribution is 5.88. The molecule has 1 unspecified atom stereocenters. The lowest BCUT2D eigenvalue weighted by atomic mass is 9.89. The molecule has 2 aromatic heterocycles. The molecule has 3 amide bonds. The summed E-state index contributed by atoms with van der Waals surface area (Å²) in [6, 6.07) is 13.4. The Kier molecular flexibility index (Phi) is 16.1. The normalized spacial score (nSPS) is 17.8. The standard InChI is InChI=1S/C49H70N8O5/c1-4-5-6-7-8-9-10-11-12-17-45(58)62-35-57-44-16-14-13-15-39(44)33-42(47(57)59)38-18-24-56(25-19-38)49(61)51-43(32-37-30-36(2)46-40(31-37)34-50-52-46)48(60)55-28-26-54(27-29-55)41-20-22-53(3)23-21-41/h13-16,30-31,33-34,38,41,43H,4-12,17-29,32,35H2,1-3H3,(H,50,52)(H,51,61). The third-order valence-electron chi connectivity index (χ3n) is 13.8. The quantitative estimate of drug-likeness (QED) is 0.0785. The largest absolute Gasteiger partial charge is 0.444 e. The fourth-order valence-electron chi connectivity index (χ4n) is 9.95. The number of H-pyrrole nitrogens is 1. The molecule has 1 atom stereocenters. The number of para-hydroxylation sites is 1. The fraction of sp³-hybridized carbons (Fsp3) is 0.612. The average Bonchev–Trinajstić information content (AvgIpc) is 3.77. The van der Waals surface area contributed by atoms with Gasteiger partial charge in [0.25, 0.3) is 5.56 Å². The monoisotopic (exact) mass is 851 g/mol. The van der Waals surface area contributed by atoms with E-state index >= 15 is 0 Å². The van der Waals surface area contributed by atoms with Crippen molar-refractivity contribution >= 4 is 39.7 Å². The number of carbonyl (C=O) groups excluding carboxylic acids is 3. The van der Waals surface area contributed by atoms with Gasteiger partial charge in [-0.2, -0.15) is 5.10 Å². The minimum Gasteiger partial charge on any atom is -0.444 e. The first-order chi connectivity index (χ1) is 30.2. The fourth-order valence-corrected chi connectivity index (χ4v) is 9.95. The zero-order valence-electron chi connectivity index (χ0n) is 37.5. The first-order valence-electron chi connectivity index (χ1n) is 23.7. The first kappa shape index (κ1) is 45.3. The van der Waals surface area contributed by atoms with E-state index in [2.05, 4.69) is 51.4 Å². The smallest absolute Gasteiger partial charge is 0.318 e. The molecule has 0 saturated carbocycles. The third kappa shape index (κ3) is 11.6. The Morgan fingerprint density at radius 1 is 0.823 bits per heavy atom. The number of likely N-dealkylation sites (tertiary alicyclic amines) is 2. The Morgan fingerprint density at radius 3 is 2.24 bits per heavy atom. The summed E-state index contributed by atoms with van der Waals surface area (Å²) < 4.78 is 7.29. The predicted octanol–water partition coefficient (Wildman–Crippen LogP) is 7.35. The molecule has 3 fully saturated rings. The van der Waals surface area contributed by atoms with Gasteiger partial charge in [-0.3, -0.25) is 28.9 Å². The Balaban J connectivity index is 0.962. The number of ether oxygens (including phenoxy) is 1. The van der Waals surface area contributed by atoms with Crippen molar-refractivity contribution in [2.75, 3.05) is 59.4 Å². The summed E-state index contributed by atoms with van der Waals surface area (Å²) in [6.45, 7) is 10.2. The number of pyridine rings is 1. The Bertz CT molecular complexity index is 2160. The number of aryl methyl sites for hydroxylation is 1. The lowest BCUT2D eigenvalue weighted by Crippen LogP contribution is -2.59. The molecule has 5 heterocycles. The first-order valence-corrected chi connectivity index (χ1v) is 23.7. The Labute approximate surface area is 367 Å². The molecular weight excluding hydrogens is 781 g/mol. The van der Waals surface area contributed by atoms with Crippen molar-refractivity contribution in [2.24, 2.45) is 0 Å². The van der Waals surface area contributed by atoms with Crippen LogP contribution >= 0.6 is 0 Å². The maximum Gasteiger partial charge on any atom is 0.318 e. The summed E-state index contributed by atoms with van der Waals surface area (Å²) in [5.74, 6) is -0.396. The lowest BCUT2D eigenvalue weighted by molar-refractivity contribution is -0.147. The van der Waals surface area contributed by atoms with Gasteiger partial charge in [0.1, 0.15) is 6.04 Å². The van der Waals surface area contributed by atoms with Crippen LogP contribution in [0.5, 0.6) is 0 Å². The third-order valence-corrected chi connectivity index (χ3v) is 13.8. The number of unbranched alkanes of at least 4 members (excludes halogenated alkanes) is 8. The maximum absolute atomic E-state index is 14.4. The number of piperidine rings is 2. The minimum atomic E-state index is -0.727. The van der Waals surface area contributed by atoms with Crippen LogP contribution in [-0.2, 0) is 27.5 Å². The summed E-state index contributed by atoms with van der Waals surface area (Å²) in [6.07, 6.45) is 16.6. The summed E-state index contributed by atoms with van der Waals surface area (Å²) in [4.78, 5) is 64.0. The van der Waals surface area contributed by atoms with E-state index in [1.807, 2.05) is 42.2 Å². The molecular formula is C49H70N8O5. The van der Waals surface area contributed by atoms with E-state index in [0.29, 0.717) is 63.5 Å². The van der Waals surface area contributed by atoms with Crippen LogP contribution in [0.15, 0.2) is 53.5 Å². The molecule has 0 radical (unpaired) electrons. The van der Waals surface area contributed by atoms with Gasteiger partial charge in [0.15, 0.2) is 6.73 Å². The number of rotatable bonds is 18. The number of nitrogens with zero attached hydrogens (tertiary/aromatic N) is 6. The highest BCUT2D eigenvalue weighted by Crippen LogP contribution is 2.29. The molecule has 7 rings (SSSR count). The van der Waals surface area contributed by atoms with Crippen molar-refractivity contribution in [3.05, 3.63) is 75.7 Å². The molecule has 0 bridgehead atoms. The zero-order valence-corrected chi connectivity index (χ0v) is 37.5. The topological polar surface area (TPSA) is 136 Å². The number of benzene rings is 2. The second kappa shape index (κ2) is 22.0. The van der Waals surface area contributed by atoms with Crippen LogP contribution in [-0.4, -0.2) is 124 Å². The molecule has 4 aromatic rings. The van der Waals surface area contributed by atoms with Crippen LogP contribution < -0.4 is 10.9 Å². The van der Waals surface area contributed by atoms with Crippen LogP contribution in [0.4, 0.5) is 4.79 Å². The van der Waals surface area contributed by atoms with Crippen molar-refractivity contribution in [3.8, 4) is 0 Å². The molecule has 0 aliphatic carbocycles. The molecule has 3 aliphatic rings. The van der Waals surface area contributed by atoms with E-state index in [9.17, 15) is 19.2 Å². The number of fused-ring (bicyclic) bond motifs is 2. The van der Waals surface area contributed by atoms with E-state index in [1.165, 1.54) is 38.5 Å². The van der Waals surface area contributed by atoms with Gasteiger partial charge in [-0.15, -0.1) is 0 Å². The van der Waals surface area contributed by atoms with Crippen molar-refractivity contribution < 1.29 is 19.1 Å². The second-order valence-corrected chi connectivity index (χ2v) is 18.2. The minimum absolute atomic E-state index is 0.0493. The average molecular weight is 851 g/mol. The Morgan fingerprint density at radius 2 is 1.52 bits per heavy atom. The molecule has 13 nitrogen and oxygen atoms in total. The van der Waals surface area contributed by atoms with Gasteiger partial charge in [-0.1, -0.05) is 82.6 Å². The van der Waals surface area contributed by atoms with Gasteiger partial charge in [0.2, 0.25) is 5.91 Å². The number of amides is 3. The second-order valence-electron chi connectivity index (χ2n) is 18.2. The highest BCUT2D eigenvalue weighted by atomic mass is 16.5. The number of carbonyl (C=O) groups is 3. The van der Waals surface area contributed by atoms with Crippen LogP contribution in [0.2, 0.25) is 0 Å². The van der Waals surface area contributed by atoms with Crippen LogP contribution in [0.25, 0.3) is 21.8 Å². The van der Waals surface area contributed by atoms with E-state index in [0.717, 1.165) is 91.2 Å². The van der Waals surface area contributed by atoms with Crippen molar-refractivity contribution in [1.29, 1.82) is 0 Å². The highest BCUT2D eigenvalue weighted by Gasteiger charge is 2.34. The molecule has 0 spiro atoms. The van der Waals surface area contributed by atoms with Crippen molar-refractivity contribution in [2.45, 2.75) is 135 Å². The zero-order chi connectivity index (χ0) is 43.4. The Hall–Kier alpha value is -4.75. The molecule has 3 saturated heterocycles. The van der Waals surface area contributed by atoms with Crippen LogP contribution in [0.3, 0.4) is 0 Å². The molecule has 2 aromatic carbocycles. The van der Waals surface area contributed by atoms with E-state index in [-0.39, 0.29) is 36.1 Å². The number of esters is 1. The van der Waals surface area contributed by atoms with Gasteiger partial charge in [-0.25, -0.2) is 4.79 Å². The number of piperazine rings is 1. The number of hydrogen-bond donors (Lipinski definition) is 2. The molecule has 62 heavy (non-hydrogen) atoms. The SMILES string of the molecule is CCCCCCCCCCCC(=O)OCn1c(=O)c(C2CCN(C(=O)NC(Cc3cc(C)c4[nH]ncc4c3)C(=O)N3CCN(C4CCN(C)CC4)CC3)CC2)cc2ccccc21. The van der Waals surface area contributed by atoms with Gasteiger partial charge in [0, 0.05) is 69.1 Å². The van der Waals surface area contributed by atoms with E-state index in [1.54, 1.807) is 15.7 Å². The van der Waals surface area contributed by atoms with Crippen molar-refractivity contribution in [1.82, 2.24) is 39.7 Å². The summed E-state index contributed by atoms with van der Waals surface area (Å²) in [5.41, 5.74) is 4.24. The number of urea groups is 1. The van der Waals surface area contributed by atoms with E-state index in [4.69, 9.17) is 4.74 Å². The van der Waals surface area contributed by atoms with Crippen LogP contribution in [0, 0.1) is 6.92 Å². The summed E-state index contributed by atoms with van der Waals surface area (Å²) in [7, 11) is 2.18. The maximum atomic E-state index is 14.4. The summed E-state index contributed by atoms with van der Waals surface area (Å²) in [5, 5.41) is 12.3. The van der Waals surface area contributed by atoms with E-state index < -0.39 is 6.04 Å². The van der Waals surface area contributed by atoms with Crippen LogP contribution in [0.1, 0.15) is 119 Å². The molecule has 3 aliphatic heterocycles. The van der Waals surface area contributed by atoms with Gasteiger partial charge >= 0.3 is 12.0 Å². The van der Waals surface area contributed by atoms with Gasteiger partial charge in [-0.05, 0) is 99.8 Å². The lowest BCUT2D eigenvalue weighted by Gasteiger charge is -2.43. The number of nitrogens with one attached hydrogen (secondary N) is 2. The van der Waals surface area contributed by atoms with Gasteiger partial charge < -0.3 is 24.8 Å². The van der Waals surface area contributed by atoms with Crippen molar-refractivity contribution in [3.63, 3.8) is 0 Å². The predicted molar refractivity (Wildman–Crippen MR) is 245 cm³/mol. The number of aromatic nitrogens is 3. The van der Waals surface area contributed by atoms with Gasteiger partial charge in [0.05, 0.1) is 17.2 Å². The molecule has 336 valence electrons. The molecule has 2 N–H and O–H groups in total.